The topological polar surface area (TPSA) is 29.5 Å². The van der Waals surface area contributed by atoms with Crippen molar-refractivity contribution >= 4 is 11.8 Å². The van der Waals surface area contributed by atoms with Crippen molar-refractivity contribution in [2.45, 2.75) is 33.3 Å². The smallest absolute Gasteiger partial charge is 0.414 e. The van der Waals surface area contributed by atoms with Gasteiger partial charge in [-0.2, -0.15) is 0 Å². The van der Waals surface area contributed by atoms with Crippen LogP contribution in [-0.2, 0) is 4.74 Å². The number of hydrogen-bond acceptors (Lipinski definition) is 2. The number of anilines is 1. The van der Waals surface area contributed by atoms with Crippen molar-refractivity contribution in [2.24, 2.45) is 0 Å². The Kier molecular flexibility index (Phi) is 4.38. The fourth-order valence-electron chi connectivity index (χ4n) is 1.50. The maximum Gasteiger partial charge on any atom is 0.414 e. The maximum absolute atomic E-state index is 12.0. The Morgan fingerprint density at radius 1 is 1.44 bits per heavy atom. The minimum Gasteiger partial charge on any atom is -0.443 e. The van der Waals surface area contributed by atoms with E-state index in [9.17, 15) is 4.79 Å². The third kappa shape index (κ3) is 3.81. The summed E-state index contributed by atoms with van der Waals surface area (Å²) in [7, 11) is 0. The van der Waals surface area contributed by atoms with Crippen LogP contribution in [-0.4, -0.2) is 18.2 Å². The van der Waals surface area contributed by atoms with E-state index >= 15 is 0 Å². The third-order valence-electron chi connectivity index (χ3n) is 2.25. The Morgan fingerprint density at radius 2 is 2.11 bits per heavy atom. The summed E-state index contributed by atoms with van der Waals surface area (Å²) in [6.45, 7) is 7.96. The number of carbonyl (C=O) groups is 1. The zero-order valence-corrected chi connectivity index (χ0v) is 11.4. The molecular formula is C15H19NO2. The summed E-state index contributed by atoms with van der Waals surface area (Å²) in [5.41, 5.74) is 0.991. The first kappa shape index (κ1) is 14.1. The van der Waals surface area contributed by atoms with Gasteiger partial charge in [-0.25, -0.2) is 4.79 Å². The molecule has 0 saturated heterocycles. The molecule has 3 heteroatoms. The van der Waals surface area contributed by atoms with Crippen LogP contribution in [0.1, 0.15) is 33.3 Å². The lowest BCUT2D eigenvalue weighted by molar-refractivity contribution is 0.0582. The second-order valence-corrected chi connectivity index (χ2v) is 4.92. The van der Waals surface area contributed by atoms with Gasteiger partial charge in [-0.3, -0.25) is 4.90 Å². The van der Waals surface area contributed by atoms with Gasteiger partial charge in [-0.05, 0) is 45.9 Å². The van der Waals surface area contributed by atoms with Gasteiger partial charge in [0.15, 0.2) is 0 Å². The summed E-state index contributed by atoms with van der Waals surface area (Å²) in [5.74, 6) is 2.55. The highest BCUT2D eigenvalue weighted by molar-refractivity contribution is 5.88. The lowest BCUT2D eigenvalue weighted by Gasteiger charge is -2.26. The SMILES string of the molecule is C#Cc1cccc(N(CC)C(=O)OC(C)(C)C)c1. The molecule has 1 rings (SSSR count). The predicted molar refractivity (Wildman–Crippen MR) is 73.6 cm³/mol. The molecule has 3 nitrogen and oxygen atoms in total. The first-order valence-electron chi connectivity index (χ1n) is 5.94. The van der Waals surface area contributed by atoms with Gasteiger partial charge in [-0.1, -0.05) is 12.0 Å². The Labute approximate surface area is 109 Å². The van der Waals surface area contributed by atoms with Crippen LogP contribution in [0.25, 0.3) is 0 Å². The van der Waals surface area contributed by atoms with E-state index in [2.05, 4.69) is 5.92 Å². The summed E-state index contributed by atoms with van der Waals surface area (Å²) in [6, 6.07) is 7.30. The van der Waals surface area contributed by atoms with Gasteiger partial charge in [0.25, 0.3) is 0 Å². The zero-order chi connectivity index (χ0) is 13.8. The van der Waals surface area contributed by atoms with Crippen LogP contribution in [0.4, 0.5) is 10.5 Å². The van der Waals surface area contributed by atoms with Gasteiger partial charge < -0.3 is 4.74 Å². The zero-order valence-electron chi connectivity index (χ0n) is 11.4. The van der Waals surface area contributed by atoms with E-state index in [-0.39, 0.29) is 6.09 Å². The van der Waals surface area contributed by atoms with Crippen molar-refractivity contribution in [3.05, 3.63) is 29.8 Å². The Morgan fingerprint density at radius 3 is 2.61 bits per heavy atom. The van der Waals surface area contributed by atoms with E-state index in [0.29, 0.717) is 6.54 Å². The van der Waals surface area contributed by atoms with Gasteiger partial charge in [0, 0.05) is 17.8 Å². The number of amides is 1. The van der Waals surface area contributed by atoms with E-state index in [1.54, 1.807) is 11.0 Å². The van der Waals surface area contributed by atoms with Crippen molar-refractivity contribution in [1.82, 2.24) is 0 Å². The number of ether oxygens (including phenoxy) is 1. The molecule has 96 valence electrons. The van der Waals surface area contributed by atoms with Gasteiger partial charge >= 0.3 is 6.09 Å². The maximum atomic E-state index is 12.0. The van der Waals surface area contributed by atoms with Crippen LogP contribution in [0.5, 0.6) is 0 Å². The summed E-state index contributed by atoms with van der Waals surface area (Å²) in [6.07, 6.45) is 4.99. The molecule has 0 saturated carbocycles. The molecular weight excluding hydrogens is 226 g/mol. The van der Waals surface area contributed by atoms with Gasteiger partial charge in [-0.15, -0.1) is 6.42 Å². The molecule has 0 aliphatic rings. The molecule has 1 amide bonds. The average Bonchev–Trinajstić information content (AvgIpc) is 2.28. The van der Waals surface area contributed by atoms with E-state index in [0.717, 1.165) is 11.3 Å². The lowest BCUT2D eigenvalue weighted by atomic mass is 10.2. The van der Waals surface area contributed by atoms with Crippen molar-refractivity contribution in [3.63, 3.8) is 0 Å². The summed E-state index contributed by atoms with van der Waals surface area (Å²) < 4.78 is 5.35. The minimum absolute atomic E-state index is 0.362. The Balaban J connectivity index is 2.96. The minimum atomic E-state index is -0.506. The highest BCUT2D eigenvalue weighted by Crippen LogP contribution is 2.19. The van der Waals surface area contributed by atoms with Crippen LogP contribution in [0, 0.1) is 12.3 Å². The van der Waals surface area contributed by atoms with Gasteiger partial charge in [0.1, 0.15) is 5.60 Å². The fraction of sp³-hybridized carbons (Fsp3) is 0.400. The van der Waals surface area contributed by atoms with Crippen molar-refractivity contribution in [2.75, 3.05) is 11.4 Å². The quantitative estimate of drug-likeness (QED) is 0.747. The molecule has 0 fully saturated rings. The molecule has 0 unspecified atom stereocenters. The largest absolute Gasteiger partial charge is 0.443 e. The standard InChI is InChI=1S/C15H19NO2/c1-6-12-9-8-10-13(11-12)16(7-2)14(17)18-15(3,4)5/h1,8-11H,7H2,2-5H3. The molecule has 0 atom stereocenters. The van der Waals surface area contributed by atoms with Crippen LogP contribution >= 0.6 is 0 Å². The lowest BCUT2D eigenvalue weighted by Crippen LogP contribution is -2.36. The summed E-state index contributed by atoms with van der Waals surface area (Å²) >= 11 is 0. The van der Waals surface area contributed by atoms with Crippen LogP contribution in [0.15, 0.2) is 24.3 Å². The molecule has 0 aliphatic carbocycles. The number of carbonyl (C=O) groups excluding carboxylic acids is 1. The average molecular weight is 245 g/mol. The van der Waals surface area contributed by atoms with Crippen molar-refractivity contribution < 1.29 is 9.53 Å². The molecule has 18 heavy (non-hydrogen) atoms. The Bertz CT molecular complexity index is 466. The Hall–Kier alpha value is -1.95. The van der Waals surface area contributed by atoms with E-state index in [4.69, 9.17) is 11.2 Å². The molecule has 1 aromatic rings. The summed E-state index contributed by atoms with van der Waals surface area (Å²) in [5, 5.41) is 0. The highest BCUT2D eigenvalue weighted by atomic mass is 16.6. The molecule has 0 spiro atoms. The van der Waals surface area contributed by atoms with E-state index in [1.807, 2.05) is 45.9 Å². The first-order chi connectivity index (χ1) is 8.37. The van der Waals surface area contributed by atoms with Crippen molar-refractivity contribution in [3.8, 4) is 12.3 Å². The number of rotatable bonds is 2. The van der Waals surface area contributed by atoms with E-state index < -0.39 is 5.60 Å². The third-order valence-corrected chi connectivity index (χ3v) is 2.25. The monoisotopic (exact) mass is 245 g/mol. The molecule has 0 heterocycles. The first-order valence-corrected chi connectivity index (χ1v) is 5.94. The molecule has 1 aromatic carbocycles. The summed E-state index contributed by atoms with van der Waals surface area (Å²) in [4.78, 5) is 13.6. The molecule has 0 radical (unpaired) electrons. The molecule has 0 bridgehead atoms. The number of nitrogens with zero attached hydrogens (tertiary/aromatic N) is 1. The van der Waals surface area contributed by atoms with Gasteiger partial charge in [0.2, 0.25) is 0 Å². The second kappa shape index (κ2) is 5.59. The van der Waals surface area contributed by atoms with E-state index in [1.165, 1.54) is 0 Å². The van der Waals surface area contributed by atoms with Crippen LogP contribution in [0.2, 0.25) is 0 Å². The van der Waals surface area contributed by atoms with Crippen LogP contribution < -0.4 is 4.90 Å². The highest BCUT2D eigenvalue weighted by Gasteiger charge is 2.22. The number of benzene rings is 1. The molecule has 0 N–H and O–H groups in total. The predicted octanol–water partition coefficient (Wildman–Crippen LogP) is 3.43. The van der Waals surface area contributed by atoms with Crippen LogP contribution in [0.3, 0.4) is 0 Å². The van der Waals surface area contributed by atoms with Crippen molar-refractivity contribution in [1.29, 1.82) is 0 Å². The normalized spacial score (nSPS) is 10.6. The molecule has 0 aromatic heterocycles. The fourth-order valence-corrected chi connectivity index (χ4v) is 1.50. The molecule has 0 aliphatic heterocycles. The number of terminal acetylenes is 1. The number of hydrogen-bond donors (Lipinski definition) is 0. The second-order valence-electron chi connectivity index (χ2n) is 4.92. The van der Waals surface area contributed by atoms with Gasteiger partial charge in [0.05, 0.1) is 0 Å².